The topological polar surface area (TPSA) is 68.2 Å². The molecule has 0 unspecified atom stereocenters. The summed E-state index contributed by atoms with van der Waals surface area (Å²) >= 11 is 1.60. The molecular formula is C9H16N4S. The van der Waals surface area contributed by atoms with Crippen LogP contribution in [-0.4, -0.2) is 17.0 Å². The first-order valence-corrected chi connectivity index (χ1v) is 5.23. The Morgan fingerprint density at radius 1 is 1.64 bits per heavy atom. The van der Waals surface area contributed by atoms with Gasteiger partial charge in [0.05, 0.1) is 15.6 Å². The lowest BCUT2D eigenvalue weighted by atomic mass is 10.2. The average Bonchev–Trinajstić information content (AvgIpc) is 2.50. The first-order valence-electron chi connectivity index (χ1n) is 4.41. The van der Waals surface area contributed by atoms with Crippen molar-refractivity contribution < 1.29 is 0 Å². The number of nitrogens with zero attached hydrogens (tertiary/aromatic N) is 2. The highest BCUT2D eigenvalue weighted by Crippen LogP contribution is 2.24. The number of nitrogens with two attached hydrogens (primary N) is 2. The molecule has 0 bridgehead atoms. The summed E-state index contributed by atoms with van der Waals surface area (Å²) in [6.45, 7) is 4.22. The van der Waals surface area contributed by atoms with Crippen molar-refractivity contribution >= 4 is 17.0 Å². The number of aromatic nitrogens is 1. The third kappa shape index (κ3) is 2.71. The van der Waals surface area contributed by atoms with Crippen molar-refractivity contribution in [3.63, 3.8) is 0 Å². The lowest BCUT2D eigenvalue weighted by molar-refractivity contribution is 0.486. The summed E-state index contributed by atoms with van der Waals surface area (Å²) in [5, 5.41) is 2.53. The molecule has 1 aromatic heterocycles. The second-order valence-corrected chi connectivity index (χ2v) is 4.53. The van der Waals surface area contributed by atoms with Crippen LogP contribution < -0.4 is 11.6 Å². The zero-order chi connectivity index (χ0) is 10.7. The van der Waals surface area contributed by atoms with E-state index in [1.165, 1.54) is 5.01 Å². The van der Waals surface area contributed by atoms with Crippen molar-refractivity contribution in [2.45, 2.75) is 19.8 Å². The Bertz CT molecular complexity index is 327. The second kappa shape index (κ2) is 4.43. The van der Waals surface area contributed by atoms with Gasteiger partial charge in [-0.2, -0.15) is 0 Å². The molecule has 0 aromatic carbocycles. The molecule has 1 rings (SSSR count). The van der Waals surface area contributed by atoms with E-state index in [2.05, 4.69) is 18.8 Å². The van der Waals surface area contributed by atoms with Gasteiger partial charge in [0, 0.05) is 25.4 Å². The van der Waals surface area contributed by atoms with E-state index < -0.39 is 0 Å². The van der Waals surface area contributed by atoms with Crippen LogP contribution in [0.25, 0.3) is 5.70 Å². The molecule has 0 aliphatic rings. The van der Waals surface area contributed by atoms with Crippen LogP contribution in [-0.2, 0) is 0 Å². The third-order valence-corrected chi connectivity index (χ3v) is 2.99. The summed E-state index contributed by atoms with van der Waals surface area (Å²) in [5.41, 5.74) is 6.47. The second-order valence-electron chi connectivity index (χ2n) is 3.47. The summed E-state index contributed by atoms with van der Waals surface area (Å²) in [7, 11) is 1.73. The average molecular weight is 212 g/mol. The molecule has 4 N–H and O–H groups in total. The first kappa shape index (κ1) is 11.0. The van der Waals surface area contributed by atoms with Crippen LogP contribution in [0.3, 0.4) is 0 Å². The monoisotopic (exact) mass is 212 g/mol. The van der Waals surface area contributed by atoms with E-state index in [-0.39, 0.29) is 0 Å². The van der Waals surface area contributed by atoms with E-state index in [4.69, 9.17) is 11.6 Å². The largest absolute Gasteiger partial charge is 0.396 e. The SMILES string of the molecule is CC(C)c1ncc(/C(N)=C/N(C)N)s1. The molecule has 0 saturated heterocycles. The highest BCUT2D eigenvalue weighted by molar-refractivity contribution is 7.12. The standard InChI is InChI=1S/C9H16N4S/c1-6(2)9-12-4-8(14-9)7(10)5-13(3)11/h4-6H,10-11H2,1-3H3/b7-5-. The van der Waals surface area contributed by atoms with Crippen LogP contribution in [0.2, 0.25) is 0 Å². The zero-order valence-corrected chi connectivity index (χ0v) is 9.51. The summed E-state index contributed by atoms with van der Waals surface area (Å²) < 4.78 is 0. The molecule has 0 saturated carbocycles. The van der Waals surface area contributed by atoms with Gasteiger partial charge in [-0.3, -0.25) is 0 Å². The molecule has 78 valence electrons. The Morgan fingerprint density at radius 2 is 2.29 bits per heavy atom. The van der Waals surface area contributed by atoms with Gasteiger partial charge in [0.25, 0.3) is 0 Å². The van der Waals surface area contributed by atoms with Crippen molar-refractivity contribution in [3.05, 3.63) is 22.3 Å². The van der Waals surface area contributed by atoms with Gasteiger partial charge in [0.15, 0.2) is 0 Å². The van der Waals surface area contributed by atoms with E-state index in [1.54, 1.807) is 30.8 Å². The molecule has 0 aliphatic heterocycles. The molecule has 0 aliphatic carbocycles. The molecule has 0 spiro atoms. The van der Waals surface area contributed by atoms with Gasteiger partial charge in [-0.25, -0.2) is 10.8 Å². The van der Waals surface area contributed by atoms with Gasteiger partial charge in [-0.15, -0.1) is 11.3 Å². The normalized spacial score (nSPS) is 12.2. The maximum atomic E-state index is 5.82. The molecule has 0 fully saturated rings. The fourth-order valence-electron chi connectivity index (χ4n) is 0.971. The van der Waals surface area contributed by atoms with E-state index in [9.17, 15) is 0 Å². The quantitative estimate of drug-likeness (QED) is 0.586. The summed E-state index contributed by atoms with van der Waals surface area (Å²) in [6, 6.07) is 0. The third-order valence-electron chi connectivity index (χ3n) is 1.64. The Hall–Kier alpha value is -1.07. The van der Waals surface area contributed by atoms with Crippen molar-refractivity contribution in [2.75, 3.05) is 7.05 Å². The number of hydrogen-bond donors (Lipinski definition) is 2. The molecule has 4 nitrogen and oxygen atoms in total. The molecule has 1 heterocycles. The van der Waals surface area contributed by atoms with E-state index >= 15 is 0 Å². The van der Waals surface area contributed by atoms with Crippen molar-refractivity contribution in [3.8, 4) is 0 Å². The Labute approximate surface area is 88.2 Å². The molecule has 5 heteroatoms. The number of hydrazine groups is 1. The maximum Gasteiger partial charge on any atom is 0.0957 e. The van der Waals surface area contributed by atoms with E-state index in [0.29, 0.717) is 11.6 Å². The summed E-state index contributed by atoms with van der Waals surface area (Å²) in [6.07, 6.45) is 3.47. The number of hydrogen-bond acceptors (Lipinski definition) is 5. The molecule has 1 aromatic rings. The van der Waals surface area contributed by atoms with Gasteiger partial charge < -0.3 is 10.7 Å². The number of rotatable bonds is 3. The van der Waals surface area contributed by atoms with Crippen LogP contribution >= 0.6 is 11.3 Å². The molecule has 0 atom stereocenters. The highest BCUT2D eigenvalue weighted by Gasteiger charge is 2.07. The zero-order valence-electron chi connectivity index (χ0n) is 8.69. The molecule has 14 heavy (non-hydrogen) atoms. The maximum absolute atomic E-state index is 5.82. The summed E-state index contributed by atoms with van der Waals surface area (Å²) in [4.78, 5) is 5.25. The first-order chi connectivity index (χ1) is 6.50. The van der Waals surface area contributed by atoms with E-state index in [1.807, 2.05) is 0 Å². The summed E-state index contributed by atoms with van der Waals surface area (Å²) in [5.74, 6) is 5.90. The van der Waals surface area contributed by atoms with Crippen molar-refractivity contribution in [1.82, 2.24) is 9.99 Å². The van der Waals surface area contributed by atoms with Crippen LogP contribution in [0, 0.1) is 0 Å². The minimum Gasteiger partial charge on any atom is -0.396 e. The Kier molecular flexibility index (Phi) is 3.49. The molecule has 0 radical (unpaired) electrons. The van der Waals surface area contributed by atoms with Gasteiger partial charge in [-0.1, -0.05) is 13.8 Å². The number of thiazole rings is 1. The van der Waals surface area contributed by atoms with Crippen LogP contribution in [0.5, 0.6) is 0 Å². The van der Waals surface area contributed by atoms with Crippen LogP contribution in [0.1, 0.15) is 29.7 Å². The smallest absolute Gasteiger partial charge is 0.0957 e. The molecular weight excluding hydrogens is 196 g/mol. The predicted molar refractivity (Wildman–Crippen MR) is 60.3 cm³/mol. The van der Waals surface area contributed by atoms with Crippen LogP contribution in [0.4, 0.5) is 0 Å². The van der Waals surface area contributed by atoms with E-state index in [0.717, 1.165) is 9.88 Å². The molecule has 0 amide bonds. The lowest BCUT2D eigenvalue weighted by Crippen LogP contribution is -2.20. The Morgan fingerprint density at radius 3 is 2.71 bits per heavy atom. The fourth-order valence-corrected chi connectivity index (χ4v) is 1.81. The highest BCUT2D eigenvalue weighted by atomic mass is 32.1. The minimum absolute atomic E-state index is 0.442. The van der Waals surface area contributed by atoms with Gasteiger partial charge in [-0.05, 0) is 0 Å². The van der Waals surface area contributed by atoms with Crippen molar-refractivity contribution in [1.29, 1.82) is 0 Å². The Balaban J connectivity index is 2.86. The predicted octanol–water partition coefficient (Wildman–Crippen LogP) is 1.33. The van der Waals surface area contributed by atoms with Crippen molar-refractivity contribution in [2.24, 2.45) is 11.6 Å². The van der Waals surface area contributed by atoms with Gasteiger partial charge in [0.1, 0.15) is 0 Å². The van der Waals surface area contributed by atoms with Gasteiger partial charge >= 0.3 is 0 Å². The fraction of sp³-hybridized carbons (Fsp3) is 0.444. The van der Waals surface area contributed by atoms with Crippen LogP contribution in [0.15, 0.2) is 12.4 Å². The van der Waals surface area contributed by atoms with Gasteiger partial charge in [0.2, 0.25) is 0 Å². The minimum atomic E-state index is 0.442. The lowest BCUT2D eigenvalue weighted by Gasteiger charge is -2.05.